The molecule has 0 heterocycles. The van der Waals surface area contributed by atoms with E-state index in [9.17, 15) is 0 Å². The Morgan fingerprint density at radius 3 is 2.40 bits per heavy atom. The summed E-state index contributed by atoms with van der Waals surface area (Å²) in [4.78, 5) is 0. The van der Waals surface area contributed by atoms with Gasteiger partial charge in [-0.3, -0.25) is 0 Å². The first-order valence-electron chi connectivity index (χ1n) is 1.50. The predicted molar refractivity (Wildman–Crippen MR) is 25.5 cm³/mol. The van der Waals surface area contributed by atoms with E-state index in [1.165, 1.54) is 0 Å². The van der Waals surface area contributed by atoms with Gasteiger partial charge in [0.05, 0.1) is 0 Å². The van der Waals surface area contributed by atoms with Gasteiger partial charge in [-0.25, -0.2) is 0 Å². The fourth-order valence-electron chi connectivity index (χ4n) is 0.0861. The van der Waals surface area contributed by atoms with Crippen LogP contribution in [0.3, 0.4) is 0 Å². The molecule has 25 valence electrons. The summed E-state index contributed by atoms with van der Waals surface area (Å²) in [5, 5.41) is 7.85. The minimum absolute atomic E-state index is 1.00. The SMILES string of the molecule is CC=B[B]O. The summed E-state index contributed by atoms with van der Waals surface area (Å²) in [5.74, 6) is 1.75. The summed E-state index contributed by atoms with van der Waals surface area (Å²) in [6.45, 7) is 3.40. The molecule has 0 rings (SSSR count). The summed E-state index contributed by atoms with van der Waals surface area (Å²) >= 11 is 0. The maximum atomic E-state index is 7.85. The third-order valence-corrected chi connectivity index (χ3v) is 0.279. The van der Waals surface area contributed by atoms with Crippen LogP contribution >= 0.6 is 0 Å². The first kappa shape index (κ1) is 4.96. The van der Waals surface area contributed by atoms with Crippen LogP contribution in [0.25, 0.3) is 0 Å². The zero-order valence-corrected chi connectivity index (χ0v) is 3.18. The molecule has 0 aliphatic carbocycles. The van der Waals surface area contributed by atoms with Crippen LogP contribution in [-0.4, -0.2) is 25.2 Å². The van der Waals surface area contributed by atoms with Gasteiger partial charge >= 0.3 is 32.1 Å². The Morgan fingerprint density at radius 1 is 1.80 bits per heavy atom. The molecular formula is C2H5B2O. The topological polar surface area (TPSA) is 20.2 Å². The van der Waals surface area contributed by atoms with Crippen molar-refractivity contribution in [2.24, 2.45) is 0 Å². The Morgan fingerprint density at radius 2 is 2.40 bits per heavy atom. The molecule has 3 heteroatoms. The molecule has 0 aliphatic heterocycles. The van der Waals surface area contributed by atoms with E-state index >= 15 is 0 Å². The van der Waals surface area contributed by atoms with E-state index in [4.69, 9.17) is 5.02 Å². The van der Waals surface area contributed by atoms with Crippen LogP contribution in [0.15, 0.2) is 0 Å². The van der Waals surface area contributed by atoms with Crippen LogP contribution in [0.1, 0.15) is 6.92 Å². The molecule has 0 saturated carbocycles. The van der Waals surface area contributed by atoms with Crippen molar-refractivity contribution in [1.82, 2.24) is 0 Å². The minimum atomic E-state index is 1.00. The van der Waals surface area contributed by atoms with Crippen LogP contribution in [0.4, 0.5) is 0 Å². The summed E-state index contributed by atoms with van der Waals surface area (Å²) < 4.78 is 0. The third-order valence-electron chi connectivity index (χ3n) is 0.279. The van der Waals surface area contributed by atoms with Gasteiger partial charge in [-0.05, 0) is 0 Å². The van der Waals surface area contributed by atoms with Gasteiger partial charge in [0.15, 0.2) is 0 Å². The van der Waals surface area contributed by atoms with Gasteiger partial charge in [-0.2, -0.15) is 0 Å². The van der Waals surface area contributed by atoms with E-state index < -0.39 is 0 Å². The molecule has 0 bridgehead atoms. The third kappa shape index (κ3) is 3.96. The normalized spacial score (nSPS) is 7.60. The molecular weight excluding hydrogens is 61.6 g/mol. The van der Waals surface area contributed by atoms with Gasteiger partial charge in [0.25, 0.3) is 0 Å². The number of hydrogen-bond donors (Lipinski definition) is 1. The molecule has 0 aromatic heterocycles. The number of hydrogen-bond acceptors (Lipinski definition) is 1. The second-order valence-corrected chi connectivity index (χ2v) is 0.675. The van der Waals surface area contributed by atoms with Gasteiger partial charge in [0.2, 0.25) is 0 Å². The van der Waals surface area contributed by atoms with Crippen LogP contribution in [0, 0.1) is 0 Å². The van der Waals surface area contributed by atoms with Gasteiger partial charge < -0.3 is 0 Å². The molecule has 1 radical (unpaired) electrons. The predicted octanol–water partition coefficient (Wildman–Crippen LogP) is -0.961. The Kier molecular flexibility index (Phi) is 3.93. The monoisotopic (exact) mass is 67.1 g/mol. The summed E-state index contributed by atoms with van der Waals surface area (Å²) in [6.07, 6.45) is 0. The molecule has 0 aromatic carbocycles. The van der Waals surface area contributed by atoms with Crippen molar-refractivity contribution in [3.8, 4) is 0 Å². The van der Waals surface area contributed by atoms with E-state index in [0.29, 0.717) is 0 Å². The van der Waals surface area contributed by atoms with E-state index in [1.807, 2.05) is 6.92 Å². The Hall–Kier alpha value is -0.0401. The molecule has 1 N–H and O–H groups in total. The van der Waals surface area contributed by atoms with Gasteiger partial charge in [-0.1, -0.05) is 0 Å². The average molecular weight is 66.7 g/mol. The molecule has 0 amide bonds. The van der Waals surface area contributed by atoms with Crippen molar-refractivity contribution in [3.63, 3.8) is 0 Å². The van der Waals surface area contributed by atoms with Gasteiger partial charge in [0, 0.05) is 0 Å². The molecule has 0 spiro atoms. The second kappa shape index (κ2) is 3.96. The number of rotatable bonds is 1. The first-order valence-corrected chi connectivity index (χ1v) is 1.50. The molecule has 0 saturated heterocycles. The summed E-state index contributed by atoms with van der Waals surface area (Å²) in [5.41, 5.74) is 0. The van der Waals surface area contributed by atoms with Crippen molar-refractivity contribution < 1.29 is 5.02 Å². The van der Waals surface area contributed by atoms with Crippen LogP contribution < -0.4 is 0 Å². The second-order valence-electron chi connectivity index (χ2n) is 0.675. The molecule has 0 aromatic rings. The standard InChI is InChI=1S/C2H5B2O/c1-2-3-4-5/h2,5H,1H3. The van der Waals surface area contributed by atoms with E-state index in [0.717, 1.165) is 7.37 Å². The first-order chi connectivity index (χ1) is 2.41. The van der Waals surface area contributed by atoms with Crippen LogP contribution in [-0.2, 0) is 0 Å². The molecule has 0 atom stereocenters. The van der Waals surface area contributed by atoms with Crippen molar-refractivity contribution in [3.05, 3.63) is 0 Å². The van der Waals surface area contributed by atoms with Crippen molar-refractivity contribution >= 4 is 20.2 Å². The molecule has 5 heavy (non-hydrogen) atoms. The Bertz CT molecular complexity index is 34.6. The molecule has 0 fully saturated rings. The molecule has 0 aliphatic rings. The maximum absolute atomic E-state index is 7.85. The average Bonchev–Trinajstić information content (AvgIpc) is 1.41. The van der Waals surface area contributed by atoms with Gasteiger partial charge in [-0.15, -0.1) is 0 Å². The molecule has 0 unspecified atom stereocenters. The van der Waals surface area contributed by atoms with E-state index in [2.05, 4.69) is 0 Å². The summed E-state index contributed by atoms with van der Waals surface area (Å²) in [6, 6.07) is 0. The van der Waals surface area contributed by atoms with Crippen LogP contribution in [0.5, 0.6) is 0 Å². The van der Waals surface area contributed by atoms with E-state index in [1.54, 1.807) is 12.8 Å². The van der Waals surface area contributed by atoms with Crippen molar-refractivity contribution in [2.75, 3.05) is 0 Å². The Labute approximate surface area is 33.2 Å². The summed E-state index contributed by atoms with van der Waals surface area (Å²) in [7, 11) is 1.00. The fourth-order valence-corrected chi connectivity index (χ4v) is 0.0861. The van der Waals surface area contributed by atoms with Crippen molar-refractivity contribution in [2.45, 2.75) is 6.92 Å². The Balaban J connectivity index is 2.62. The fraction of sp³-hybridized carbons (Fsp3) is 0.500. The quantitative estimate of drug-likeness (QED) is 0.391. The zero-order chi connectivity index (χ0) is 4.12. The van der Waals surface area contributed by atoms with Gasteiger partial charge in [0.1, 0.15) is 0 Å². The van der Waals surface area contributed by atoms with E-state index in [-0.39, 0.29) is 0 Å². The van der Waals surface area contributed by atoms with Crippen molar-refractivity contribution in [1.29, 1.82) is 0 Å². The van der Waals surface area contributed by atoms with Crippen LogP contribution in [0.2, 0.25) is 0 Å². The zero-order valence-electron chi connectivity index (χ0n) is 3.18. The molecule has 1 nitrogen and oxygen atoms in total.